The average Bonchev–Trinajstić information content (AvgIpc) is 3.18. The van der Waals surface area contributed by atoms with Crippen molar-refractivity contribution < 1.29 is 19.1 Å². The Labute approximate surface area is 111 Å². The third kappa shape index (κ3) is 2.54. The number of carbonyl (C=O) groups excluding carboxylic acids is 2. The Balaban J connectivity index is 2.26. The summed E-state index contributed by atoms with van der Waals surface area (Å²) >= 11 is 0. The number of nitrogens with one attached hydrogen (secondary N) is 1. The van der Waals surface area contributed by atoms with E-state index < -0.39 is 17.2 Å². The number of Topliss-reactive ketones (excluding diaryl/α,β-unsaturated/α-hetero) is 1. The second-order valence-electron chi connectivity index (χ2n) is 4.66. The summed E-state index contributed by atoms with van der Waals surface area (Å²) in [6.45, 7) is 1.26. The molecular formula is C14H17NO4. The number of hydrogen-bond donors (Lipinski definition) is 1. The first-order valence-corrected chi connectivity index (χ1v) is 6.08. The van der Waals surface area contributed by atoms with E-state index in [0.29, 0.717) is 11.5 Å². The fourth-order valence-corrected chi connectivity index (χ4v) is 2.05. The first-order chi connectivity index (χ1) is 9.02. The molecule has 1 fully saturated rings. The summed E-state index contributed by atoms with van der Waals surface area (Å²) in [5.74, 6) is 0.224. The third-order valence-electron chi connectivity index (χ3n) is 3.36. The van der Waals surface area contributed by atoms with Gasteiger partial charge in [-0.1, -0.05) is 6.07 Å². The molecule has 0 spiro atoms. The molecule has 0 unspecified atom stereocenters. The monoisotopic (exact) mass is 263 g/mol. The normalized spacial score (nSPS) is 15.5. The van der Waals surface area contributed by atoms with Crippen LogP contribution < -0.4 is 14.8 Å². The zero-order valence-electron chi connectivity index (χ0n) is 11.3. The van der Waals surface area contributed by atoms with Crippen molar-refractivity contribution in [2.45, 2.75) is 25.3 Å². The minimum Gasteiger partial charge on any atom is -0.493 e. The van der Waals surface area contributed by atoms with E-state index in [0.717, 1.165) is 18.4 Å². The number of carbonyl (C=O) groups is 2. The van der Waals surface area contributed by atoms with E-state index in [2.05, 4.69) is 5.32 Å². The van der Waals surface area contributed by atoms with Crippen LogP contribution in [0.25, 0.3) is 0 Å². The van der Waals surface area contributed by atoms with E-state index in [1.165, 1.54) is 6.92 Å². The quantitative estimate of drug-likeness (QED) is 0.815. The predicted octanol–water partition coefficient (Wildman–Crippen LogP) is 1.40. The van der Waals surface area contributed by atoms with Gasteiger partial charge < -0.3 is 14.8 Å². The van der Waals surface area contributed by atoms with Crippen LogP contribution in [0.2, 0.25) is 0 Å². The summed E-state index contributed by atoms with van der Waals surface area (Å²) < 4.78 is 10.4. The van der Waals surface area contributed by atoms with Crippen molar-refractivity contribution in [2.75, 3.05) is 14.2 Å². The minimum absolute atomic E-state index is 0.428. The van der Waals surface area contributed by atoms with Gasteiger partial charge in [0.15, 0.2) is 11.5 Å². The van der Waals surface area contributed by atoms with Gasteiger partial charge in [0.1, 0.15) is 0 Å². The second kappa shape index (κ2) is 4.91. The van der Waals surface area contributed by atoms with Gasteiger partial charge >= 0.3 is 0 Å². The molecule has 1 aliphatic rings. The minimum atomic E-state index is -0.549. The fraction of sp³-hybridized carbons (Fsp3) is 0.429. The van der Waals surface area contributed by atoms with Gasteiger partial charge in [-0.05, 0) is 30.5 Å². The lowest BCUT2D eigenvalue weighted by Crippen LogP contribution is -2.38. The van der Waals surface area contributed by atoms with E-state index >= 15 is 0 Å². The molecule has 5 nitrogen and oxygen atoms in total. The molecule has 0 saturated heterocycles. The van der Waals surface area contributed by atoms with Crippen LogP contribution in [-0.4, -0.2) is 25.9 Å². The number of benzene rings is 1. The highest BCUT2D eigenvalue weighted by Gasteiger charge is 2.46. The van der Waals surface area contributed by atoms with Gasteiger partial charge in [-0.15, -0.1) is 0 Å². The highest BCUT2D eigenvalue weighted by Crippen LogP contribution is 2.47. The maximum absolute atomic E-state index is 11.5. The fourth-order valence-electron chi connectivity index (χ4n) is 2.05. The molecule has 1 amide bonds. The van der Waals surface area contributed by atoms with Crippen molar-refractivity contribution in [1.82, 2.24) is 5.32 Å². The molecule has 1 N–H and O–H groups in total. The van der Waals surface area contributed by atoms with Crippen molar-refractivity contribution in [3.8, 4) is 11.5 Å². The maximum Gasteiger partial charge on any atom is 0.287 e. The van der Waals surface area contributed by atoms with Crippen molar-refractivity contribution in [2.24, 2.45) is 0 Å². The van der Waals surface area contributed by atoms with Crippen molar-refractivity contribution >= 4 is 11.7 Å². The zero-order chi connectivity index (χ0) is 14.0. The lowest BCUT2D eigenvalue weighted by molar-refractivity contribution is -0.137. The molecule has 0 atom stereocenters. The Kier molecular flexibility index (Phi) is 3.46. The number of ether oxygens (including phenoxy) is 2. The lowest BCUT2D eigenvalue weighted by atomic mass is 10.0. The van der Waals surface area contributed by atoms with Gasteiger partial charge in [0.2, 0.25) is 5.78 Å². The molecule has 1 aromatic carbocycles. The third-order valence-corrected chi connectivity index (χ3v) is 3.36. The second-order valence-corrected chi connectivity index (χ2v) is 4.66. The maximum atomic E-state index is 11.5. The molecule has 5 heteroatoms. The first-order valence-electron chi connectivity index (χ1n) is 6.08. The molecule has 1 aromatic rings. The molecule has 2 rings (SSSR count). The molecule has 19 heavy (non-hydrogen) atoms. The number of hydrogen-bond acceptors (Lipinski definition) is 4. The Morgan fingerprint density at radius 1 is 1.16 bits per heavy atom. The molecule has 0 bridgehead atoms. The van der Waals surface area contributed by atoms with E-state index in [4.69, 9.17) is 9.47 Å². The zero-order valence-corrected chi connectivity index (χ0v) is 11.3. The van der Waals surface area contributed by atoms with Crippen LogP contribution in [0, 0.1) is 0 Å². The van der Waals surface area contributed by atoms with Crippen molar-refractivity contribution in [3.63, 3.8) is 0 Å². The van der Waals surface area contributed by atoms with Crippen LogP contribution in [0.1, 0.15) is 25.3 Å². The van der Waals surface area contributed by atoms with Crippen LogP contribution in [0.5, 0.6) is 11.5 Å². The van der Waals surface area contributed by atoms with Gasteiger partial charge in [-0.3, -0.25) is 9.59 Å². The van der Waals surface area contributed by atoms with Crippen LogP contribution >= 0.6 is 0 Å². The molecule has 0 aliphatic heterocycles. The predicted molar refractivity (Wildman–Crippen MR) is 69.3 cm³/mol. The SMILES string of the molecule is COc1ccc(C2(NC(=O)C(C)=O)CC2)cc1OC. The molecule has 0 radical (unpaired) electrons. The standard InChI is InChI=1S/C14H17NO4/c1-9(16)13(17)15-14(6-7-14)10-4-5-11(18-2)12(8-10)19-3/h4-5,8H,6-7H2,1-3H3,(H,15,17). The summed E-state index contributed by atoms with van der Waals surface area (Å²) in [4.78, 5) is 22.6. The van der Waals surface area contributed by atoms with Crippen LogP contribution in [0.4, 0.5) is 0 Å². The van der Waals surface area contributed by atoms with Crippen LogP contribution in [-0.2, 0) is 15.1 Å². The molecule has 1 aliphatic carbocycles. The summed E-state index contributed by atoms with van der Waals surface area (Å²) in [6.07, 6.45) is 1.64. The van der Waals surface area contributed by atoms with E-state index in [-0.39, 0.29) is 0 Å². The largest absolute Gasteiger partial charge is 0.493 e. The molecule has 0 aromatic heterocycles. The number of methoxy groups -OCH3 is 2. The van der Waals surface area contributed by atoms with Gasteiger partial charge in [0.25, 0.3) is 5.91 Å². The highest BCUT2D eigenvalue weighted by molar-refractivity contribution is 6.35. The molecule has 102 valence electrons. The lowest BCUT2D eigenvalue weighted by Gasteiger charge is -2.18. The highest BCUT2D eigenvalue weighted by atomic mass is 16.5. The summed E-state index contributed by atoms with van der Waals surface area (Å²) in [7, 11) is 3.14. The Hall–Kier alpha value is -2.04. The van der Waals surface area contributed by atoms with Gasteiger partial charge in [-0.2, -0.15) is 0 Å². The molecule has 1 saturated carbocycles. The van der Waals surface area contributed by atoms with Gasteiger partial charge in [0.05, 0.1) is 19.8 Å². The molecule has 0 heterocycles. The van der Waals surface area contributed by atoms with Crippen molar-refractivity contribution in [3.05, 3.63) is 23.8 Å². The van der Waals surface area contributed by atoms with E-state index in [1.807, 2.05) is 12.1 Å². The van der Waals surface area contributed by atoms with Gasteiger partial charge in [0, 0.05) is 6.92 Å². The molecular weight excluding hydrogens is 246 g/mol. The Morgan fingerprint density at radius 3 is 2.26 bits per heavy atom. The Bertz CT molecular complexity index is 520. The Morgan fingerprint density at radius 2 is 1.79 bits per heavy atom. The summed E-state index contributed by atoms with van der Waals surface area (Å²) in [6, 6.07) is 5.52. The summed E-state index contributed by atoms with van der Waals surface area (Å²) in [5.41, 5.74) is 0.502. The van der Waals surface area contributed by atoms with Crippen LogP contribution in [0.15, 0.2) is 18.2 Å². The van der Waals surface area contributed by atoms with E-state index in [9.17, 15) is 9.59 Å². The average molecular weight is 263 g/mol. The first kappa shape index (κ1) is 13.4. The summed E-state index contributed by atoms with van der Waals surface area (Å²) in [5, 5.41) is 2.79. The van der Waals surface area contributed by atoms with Crippen LogP contribution in [0.3, 0.4) is 0 Å². The topological polar surface area (TPSA) is 64.6 Å². The van der Waals surface area contributed by atoms with Crippen molar-refractivity contribution in [1.29, 1.82) is 0 Å². The van der Waals surface area contributed by atoms with Gasteiger partial charge in [-0.25, -0.2) is 0 Å². The smallest absolute Gasteiger partial charge is 0.287 e. The number of ketones is 1. The van der Waals surface area contributed by atoms with E-state index in [1.54, 1.807) is 20.3 Å². The number of rotatable bonds is 5. The number of amides is 1.